The highest BCUT2D eigenvalue weighted by Gasteiger charge is 2.28. The molecule has 2 atom stereocenters. The third kappa shape index (κ3) is 10.5. The van der Waals surface area contributed by atoms with Gasteiger partial charge in [-0.15, -0.1) is 11.3 Å². The van der Waals surface area contributed by atoms with Crippen molar-refractivity contribution in [3.05, 3.63) is 105 Å². The average molecular weight is 653 g/mol. The lowest BCUT2D eigenvalue weighted by Crippen LogP contribution is -2.44. The monoisotopic (exact) mass is 652 g/mol. The predicted molar refractivity (Wildman–Crippen MR) is 177 cm³/mol. The number of ether oxygens (including phenoxy) is 2. The van der Waals surface area contributed by atoms with E-state index in [0.717, 1.165) is 27.4 Å². The summed E-state index contributed by atoms with van der Waals surface area (Å²) < 4.78 is 27.5. The molecule has 0 saturated heterocycles. The number of esters is 1. The third-order valence-electron chi connectivity index (χ3n) is 7.11. The van der Waals surface area contributed by atoms with Crippen LogP contribution in [0.4, 0.5) is 4.39 Å². The Kier molecular flexibility index (Phi) is 12.3. The van der Waals surface area contributed by atoms with Gasteiger partial charge in [-0.25, -0.2) is 19.2 Å². The standard InChI is InChI=1S/C34H41FN4O4S2/c1-34(2,3)43-33(41)29(14-16-44-5)38-31(40)28-18-24(7-11-25(28)10-6-23-8-12-26(35)13-9-23)21-42-30(32-37-15-17-45-32)19-27-20-36-22-39(27)4/h7-9,11-13,15,17-18,20,22,29-30H,6,10,14,16,19,21H2,1-5H3,(H,38,40)/t29-,30?/m0/s1. The largest absolute Gasteiger partial charge is 0.458 e. The van der Waals surface area contributed by atoms with Crippen LogP contribution in [0, 0.1) is 5.82 Å². The smallest absolute Gasteiger partial charge is 0.329 e. The summed E-state index contributed by atoms with van der Waals surface area (Å²) in [5.74, 6) is -0.418. The van der Waals surface area contributed by atoms with Crippen molar-refractivity contribution in [2.75, 3.05) is 12.0 Å². The molecule has 4 aromatic rings. The van der Waals surface area contributed by atoms with Crippen molar-refractivity contribution in [2.24, 2.45) is 7.05 Å². The maximum absolute atomic E-state index is 13.9. The fraction of sp³-hybridized carbons (Fsp3) is 0.412. The molecule has 2 heterocycles. The highest BCUT2D eigenvalue weighted by Crippen LogP contribution is 2.26. The zero-order chi connectivity index (χ0) is 32.4. The normalized spacial score (nSPS) is 12.9. The minimum absolute atomic E-state index is 0.253. The van der Waals surface area contributed by atoms with Gasteiger partial charge in [-0.05, 0) is 86.9 Å². The molecule has 0 radical (unpaired) electrons. The van der Waals surface area contributed by atoms with Gasteiger partial charge < -0.3 is 19.4 Å². The maximum Gasteiger partial charge on any atom is 0.329 e. The van der Waals surface area contributed by atoms with E-state index in [4.69, 9.17) is 9.47 Å². The number of thioether (sulfide) groups is 1. The second-order valence-corrected chi connectivity index (χ2v) is 13.7. The van der Waals surface area contributed by atoms with E-state index in [2.05, 4.69) is 15.3 Å². The van der Waals surface area contributed by atoms with Crippen LogP contribution in [-0.4, -0.2) is 50.1 Å². The minimum Gasteiger partial charge on any atom is -0.458 e. The van der Waals surface area contributed by atoms with Gasteiger partial charge in [0.05, 0.1) is 12.9 Å². The maximum atomic E-state index is 13.9. The van der Waals surface area contributed by atoms with Gasteiger partial charge in [0.2, 0.25) is 0 Å². The van der Waals surface area contributed by atoms with E-state index < -0.39 is 17.6 Å². The number of carbonyl (C=O) groups is 2. The molecule has 45 heavy (non-hydrogen) atoms. The molecule has 8 nitrogen and oxygen atoms in total. The fourth-order valence-corrected chi connectivity index (χ4v) is 5.90. The van der Waals surface area contributed by atoms with Crippen LogP contribution in [0.2, 0.25) is 0 Å². The van der Waals surface area contributed by atoms with Gasteiger partial charge >= 0.3 is 5.97 Å². The molecular weight excluding hydrogens is 612 g/mol. The lowest BCUT2D eigenvalue weighted by atomic mass is 9.97. The summed E-state index contributed by atoms with van der Waals surface area (Å²) in [6.45, 7) is 5.68. The summed E-state index contributed by atoms with van der Waals surface area (Å²) in [5.41, 5.74) is 3.40. The molecular formula is C34H41FN4O4S2. The Balaban J connectivity index is 1.57. The topological polar surface area (TPSA) is 95.3 Å². The number of nitrogens with one attached hydrogen (secondary N) is 1. The number of nitrogens with zero attached hydrogens (tertiary/aromatic N) is 3. The second-order valence-electron chi connectivity index (χ2n) is 11.8. The lowest BCUT2D eigenvalue weighted by Gasteiger charge is -2.25. The number of hydrogen-bond acceptors (Lipinski definition) is 8. The summed E-state index contributed by atoms with van der Waals surface area (Å²) >= 11 is 3.13. The van der Waals surface area contributed by atoms with E-state index in [-0.39, 0.29) is 24.4 Å². The number of halogens is 1. The van der Waals surface area contributed by atoms with Crippen molar-refractivity contribution in [3.8, 4) is 0 Å². The van der Waals surface area contributed by atoms with Gasteiger partial charge in [-0.3, -0.25) is 4.79 Å². The van der Waals surface area contributed by atoms with Crippen LogP contribution in [0.5, 0.6) is 0 Å². The first-order valence-electron chi connectivity index (χ1n) is 14.9. The van der Waals surface area contributed by atoms with E-state index in [9.17, 15) is 14.0 Å². The third-order valence-corrected chi connectivity index (χ3v) is 8.62. The molecule has 11 heteroatoms. The Hall–Kier alpha value is -3.54. The summed E-state index contributed by atoms with van der Waals surface area (Å²) in [4.78, 5) is 35.6. The van der Waals surface area contributed by atoms with Gasteiger partial charge in [0.1, 0.15) is 28.6 Å². The van der Waals surface area contributed by atoms with Crippen molar-refractivity contribution in [1.82, 2.24) is 19.9 Å². The SMILES string of the molecule is CSCC[C@H](NC(=O)c1cc(COC(Cc2cncn2C)c2nccs2)ccc1CCc1ccc(F)cc1)C(=O)OC(C)(C)C. The molecule has 0 aliphatic carbocycles. The summed E-state index contributed by atoms with van der Waals surface area (Å²) in [5, 5.41) is 5.73. The van der Waals surface area contributed by atoms with Crippen LogP contribution in [0.15, 0.2) is 66.6 Å². The molecule has 2 aromatic heterocycles. The fourth-order valence-electron chi connectivity index (χ4n) is 4.75. The summed E-state index contributed by atoms with van der Waals surface area (Å²) in [6.07, 6.45) is 9.22. The lowest BCUT2D eigenvalue weighted by molar-refractivity contribution is -0.157. The highest BCUT2D eigenvalue weighted by molar-refractivity contribution is 7.98. The Labute approximate surface area is 272 Å². The Bertz CT molecular complexity index is 1530. The van der Waals surface area contributed by atoms with E-state index in [1.54, 1.807) is 36.4 Å². The van der Waals surface area contributed by atoms with Crippen LogP contribution >= 0.6 is 23.1 Å². The van der Waals surface area contributed by atoms with E-state index >= 15 is 0 Å². The van der Waals surface area contributed by atoms with Crippen molar-refractivity contribution in [1.29, 1.82) is 0 Å². The zero-order valence-corrected chi connectivity index (χ0v) is 28.1. The quantitative estimate of drug-likeness (QED) is 0.147. The van der Waals surface area contributed by atoms with Gasteiger partial charge in [-0.2, -0.15) is 11.8 Å². The zero-order valence-electron chi connectivity index (χ0n) is 26.4. The first kappa shape index (κ1) is 34.3. The van der Waals surface area contributed by atoms with Crippen molar-refractivity contribution >= 4 is 35.0 Å². The van der Waals surface area contributed by atoms with E-state index in [1.807, 2.05) is 68.4 Å². The number of hydrogen-bond donors (Lipinski definition) is 1. The number of aryl methyl sites for hydroxylation is 3. The van der Waals surface area contributed by atoms with Gasteiger partial charge in [-0.1, -0.05) is 24.3 Å². The van der Waals surface area contributed by atoms with Crippen molar-refractivity contribution < 1.29 is 23.5 Å². The average Bonchev–Trinajstić information content (AvgIpc) is 3.68. The minimum atomic E-state index is -0.790. The first-order chi connectivity index (χ1) is 21.5. The first-order valence-corrected chi connectivity index (χ1v) is 17.1. The van der Waals surface area contributed by atoms with Crippen LogP contribution in [0.25, 0.3) is 0 Å². The van der Waals surface area contributed by atoms with Crippen LogP contribution < -0.4 is 5.32 Å². The molecule has 1 unspecified atom stereocenters. The number of benzene rings is 2. The second kappa shape index (κ2) is 16.1. The number of rotatable bonds is 15. The number of aromatic nitrogens is 3. The molecule has 240 valence electrons. The van der Waals surface area contributed by atoms with Crippen molar-refractivity contribution in [2.45, 2.75) is 70.8 Å². The Morgan fingerprint density at radius 2 is 1.87 bits per heavy atom. The molecule has 0 fully saturated rings. The molecule has 1 N–H and O–H groups in total. The van der Waals surface area contributed by atoms with Crippen molar-refractivity contribution in [3.63, 3.8) is 0 Å². The molecule has 0 spiro atoms. The number of imidazole rings is 1. The highest BCUT2D eigenvalue weighted by atomic mass is 32.2. The predicted octanol–water partition coefficient (Wildman–Crippen LogP) is 6.49. The van der Waals surface area contributed by atoms with Crippen LogP contribution in [-0.2, 0) is 47.2 Å². The molecule has 1 amide bonds. The van der Waals surface area contributed by atoms with Gasteiger partial charge in [0, 0.05) is 42.5 Å². The number of amides is 1. The molecule has 4 rings (SSSR count). The summed E-state index contributed by atoms with van der Waals surface area (Å²) in [6, 6.07) is 11.3. The summed E-state index contributed by atoms with van der Waals surface area (Å²) in [7, 11) is 1.94. The van der Waals surface area contributed by atoms with Crippen LogP contribution in [0.1, 0.15) is 71.0 Å². The van der Waals surface area contributed by atoms with Crippen LogP contribution in [0.3, 0.4) is 0 Å². The molecule has 0 bridgehead atoms. The molecule has 0 aliphatic rings. The molecule has 0 saturated carbocycles. The Morgan fingerprint density at radius 3 is 2.51 bits per heavy atom. The van der Waals surface area contributed by atoms with Gasteiger partial charge in [0.15, 0.2) is 0 Å². The van der Waals surface area contributed by atoms with Gasteiger partial charge in [0.25, 0.3) is 5.91 Å². The van der Waals surface area contributed by atoms with E-state index in [1.165, 1.54) is 23.5 Å². The number of carbonyl (C=O) groups excluding carboxylic acids is 2. The molecule has 0 aliphatic heterocycles. The Morgan fingerprint density at radius 1 is 1.11 bits per heavy atom. The molecule has 2 aromatic carbocycles. The van der Waals surface area contributed by atoms with E-state index in [0.29, 0.717) is 37.0 Å². The number of thiazole rings is 1.